The maximum Gasteiger partial charge on any atom is 0.240 e. The summed E-state index contributed by atoms with van der Waals surface area (Å²) >= 11 is 0. The highest BCUT2D eigenvalue weighted by Crippen LogP contribution is 2.23. The van der Waals surface area contributed by atoms with Crippen LogP contribution in [0.25, 0.3) is 0 Å². The molecular weight excluding hydrogens is 293 g/mol. The number of nitrogen functional groups attached to an aromatic ring is 1. The Morgan fingerprint density at radius 3 is 2.67 bits per heavy atom. The molecule has 1 aromatic rings. The van der Waals surface area contributed by atoms with Crippen LogP contribution in [-0.2, 0) is 10.0 Å². The third kappa shape index (κ3) is 3.53. The molecule has 7 heteroatoms. The average Bonchev–Trinajstić information content (AvgIpc) is 2.39. The molecule has 0 bridgehead atoms. The molecule has 1 aromatic carbocycles. The second-order valence-electron chi connectivity index (χ2n) is 5.79. The van der Waals surface area contributed by atoms with Crippen molar-refractivity contribution in [1.29, 1.82) is 0 Å². The summed E-state index contributed by atoms with van der Waals surface area (Å²) in [4.78, 5) is 2.07. The van der Waals surface area contributed by atoms with Crippen molar-refractivity contribution in [3.63, 3.8) is 0 Å². The Morgan fingerprint density at radius 2 is 2.10 bits per heavy atom. The molecule has 2 rings (SSSR count). The van der Waals surface area contributed by atoms with Crippen LogP contribution < -0.4 is 10.5 Å². The van der Waals surface area contributed by atoms with Gasteiger partial charge in [-0.15, -0.1) is 0 Å². The van der Waals surface area contributed by atoms with E-state index >= 15 is 0 Å². The molecule has 1 fully saturated rings. The van der Waals surface area contributed by atoms with Gasteiger partial charge in [0, 0.05) is 23.3 Å². The summed E-state index contributed by atoms with van der Waals surface area (Å²) < 4.78 is 41.1. The van der Waals surface area contributed by atoms with E-state index in [2.05, 4.69) is 16.5 Å². The van der Waals surface area contributed by atoms with Crippen LogP contribution in [0.15, 0.2) is 17.0 Å². The van der Waals surface area contributed by atoms with Crippen molar-refractivity contribution in [2.24, 2.45) is 0 Å². The molecule has 0 radical (unpaired) electrons. The predicted octanol–water partition coefficient (Wildman–Crippen LogP) is 1.48. The van der Waals surface area contributed by atoms with Gasteiger partial charge in [-0.3, -0.25) is 0 Å². The first kappa shape index (κ1) is 16.2. The van der Waals surface area contributed by atoms with E-state index in [1.807, 2.05) is 7.05 Å². The molecule has 2 atom stereocenters. The third-order valence-electron chi connectivity index (χ3n) is 4.20. The van der Waals surface area contributed by atoms with Gasteiger partial charge in [0.1, 0.15) is 5.82 Å². The molecule has 1 aliphatic heterocycles. The standard InChI is InChI=1S/C14H22FN3O2S/c1-9-6-11(4-5-18(9)3)17-21(19,20)12-7-13(15)10(2)14(16)8-12/h7-9,11,17H,4-6,16H2,1-3H3. The summed E-state index contributed by atoms with van der Waals surface area (Å²) in [5, 5.41) is 0. The lowest BCUT2D eigenvalue weighted by Crippen LogP contribution is -2.47. The van der Waals surface area contributed by atoms with Gasteiger partial charge in [-0.1, -0.05) is 0 Å². The monoisotopic (exact) mass is 315 g/mol. The second kappa shape index (κ2) is 5.90. The van der Waals surface area contributed by atoms with E-state index in [-0.39, 0.29) is 22.2 Å². The number of anilines is 1. The molecule has 21 heavy (non-hydrogen) atoms. The van der Waals surface area contributed by atoms with Crippen LogP contribution in [0.5, 0.6) is 0 Å². The Kier molecular flexibility index (Phi) is 4.55. The molecule has 5 nitrogen and oxygen atoms in total. The minimum atomic E-state index is -3.75. The van der Waals surface area contributed by atoms with Gasteiger partial charge in [0.25, 0.3) is 0 Å². The zero-order valence-corrected chi connectivity index (χ0v) is 13.4. The van der Waals surface area contributed by atoms with Crippen molar-refractivity contribution in [1.82, 2.24) is 9.62 Å². The van der Waals surface area contributed by atoms with Crippen LogP contribution in [-0.4, -0.2) is 39.0 Å². The number of halogens is 1. The van der Waals surface area contributed by atoms with Crippen LogP contribution in [0.2, 0.25) is 0 Å². The molecule has 0 aliphatic carbocycles. The van der Waals surface area contributed by atoms with E-state index in [1.165, 1.54) is 13.0 Å². The minimum Gasteiger partial charge on any atom is -0.398 e. The molecule has 0 spiro atoms. The highest BCUT2D eigenvalue weighted by Gasteiger charge is 2.27. The molecule has 1 heterocycles. The van der Waals surface area contributed by atoms with Crippen molar-refractivity contribution < 1.29 is 12.8 Å². The van der Waals surface area contributed by atoms with E-state index in [1.54, 1.807) is 0 Å². The van der Waals surface area contributed by atoms with Gasteiger partial charge in [0.05, 0.1) is 4.90 Å². The van der Waals surface area contributed by atoms with Gasteiger partial charge in [-0.05, 0) is 52.4 Å². The third-order valence-corrected chi connectivity index (χ3v) is 5.70. The van der Waals surface area contributed by atoms with Crippen molar-refractivity contribution in [2.45, 2.75) is 43.7 Å². The summed E-state index contributed by atoms with van der Waals surface area (Å²) in [5.41, 5.74) is 6.06. The number of nitrogens with zero attached hydrogens (tertiary/aromatic N) is 1. The van der Waals surface area contributed by atoms with E-state index in [9.17, 15) is 12.8 Å². The maximum atomic E-state index is 13.7. The van der Waals surface area contributed by atoms with Crippen LogP contribution >= 0.6 is 0 Å². The van der Waals surface area contributed by atoms with Gasteiger partial charge < -0.3 is 10.6 Å². The Hall–Kier alpha value is -1.18. The zero-order valence-electron chi connectivity index (χ0n) is 12.6. The highest BCUT2D eigenvalue weighted by atomic mass is 32.2. The Labute approximate surface area is 125 Å². The van der Waals surface area contributed by atoms with Gasteiger partial charge in [-0.2, -0.15) is 0 Å². The van der Waals surface area contributed by atoms with Crippen molar-refractivity contribution in [3.05, 3.63) is 23.5 Å². The highest BCUT2D eigenvalue weighted by molar-refractivity contribution is 7.89. The number of nitrogens with two attached hydrogens (primary N) is 1. The maximum absolute atomic E-state index is 13.7. The van der Waals surface area contributed by atoms with E-state index in [0.29, 0.717) is 6.04 Å². The molecular formula is C14H22FN3O2S. The Balaban J connectivity index is 2.19. The fourth-order valence-electron chi connectivity index (χ4n) is 2.51. The predicted molar refractivity (Wildman–Crippen MR) is 81.0 cm³/mol. The molecule has 118 valence electrons. The lowest BCUT2D eigenvalue weighted by Gasteiger charge is -2.35. The van der Waals surface area contributed by atoms with E-state index < -0.39 is 15.8 Å². The normalized spacial score (nSPS) is 24.2. The first-order valence-electron chi connectivity index (χ1n) is 6.99. The van der Waals surface area contributed by atoms with Crippen LogP contribution in [0.4, 0.5) is 10.1 Å². The molecule has 1 saturated heterocycles. The number of nitrogens with one attached hydrogen (secondary N) is 1. The molecule has 2 unspecified atom stereocenters. The first-order chi connectivity index (χ1) is 9.70. The van der Waals surface area contributed by atoms with Gasteiger partial charge in [0.2, 0.25) is 10.0 Å². The van der Waals surface area contributed by atoms with E-state index in [4.69, 9.17) is 5.73 Å². The lowest BCUT2D eigenvalue weighted by molar-refractivity contribution is 0.178. The molecule has 0 saturated carbocycles. The Bertz CT molecular complexity index is 610. The largest absolute Gasteiger partial charge is 0.398 e. The number of sulfonamides is 1. The van der Waals surface area contributed by atoms with Crippen LogP contribution in [0.1, 0.15) is 25.3 Å². The van der Waals surface area contributed by atoms with Crippen LogP contribution in [0, 0.1) is 12.7 Å². The summed E-state index contributed by atoms with van der Waals surface area (Å²) in [5.74, 6) is -0.605. The molecule has 0 aromatic heterocycles. The topological polar surface area (TPSA) is 75.4 Å². The fourth-order valence-corrected chi connectivity index (χ4v) is 3.84. The van der Waals surface area contributed by atoms with Crippen molar-refractivity contribution >= 4 is 15.7 Å². The summed E-state index contributed by atoms with van der Waals surface area (Å²) in [6.45, 7) is 4.41. The van der Waals surface area contributed by atoms with E-state index in [0.717, 1.165) is 25.5 Å². The smallest absolute Gasteiger partial charge is 0.240 e. The summed E-state index contributed by atoms with van der Waals surface area (Å²) in [7, 11) is -1.73. The first-order valence-corrected chi connectivity index (χ1v) is 8.47. The average molecular weight is 315 g/mol. The minimum absolute atomic E-state index is 0.116. The summed E-state index contributed by atoms with van der Waals surface area (Å²) in [6.07, 6.45) is 1.48. The Morgan fingerprint density at radius 1 is 1.43 bits per heavy atom. The van der Waals surface area contributed by atoms with Crippen molar-refractivity contribution in [3.8, 4) is 0 Å². The lowest BCUT2D eigenvalue weighted by atomic mass is 10.0. The quantitative estimate of drug-likeness (QED) is 0.829. The molecule has 0 amide bonds. The number of rotatable bonds is 3. The van der Waals surface area contributed by atoms with Gasteiger partial charge in [0.15, 0.2) is 0 Å². The number of piperidine rings is 1. The van der Waals surface area contributed by atoms with Gasteiger partial charge in [-0.25, -0.2) is 17.5 Å². The summed E-state index contributed by atoms with van der Waals surface area (Å²) in [6, 6.07) is 2.50. The van der Waals surface area contributed by atoms with Gasteiger partial charge >= 0.3 is 0 Å². The number of hydrogen-bond acceptors (Lipinski definition) is 4. The molecule has 3 N–H and O–H groups in total. The second-order valence-corrected chi connectivity index (χ2v) is 7.51. The number of hydrogen-bond donors (Lipinski definition) is 2. The zero-order chi connectivity index (χ0) is 15.8. The number of benzene rings is 1. The fraction of sp³-hybridized carbons (Fsp3) is 0.571. The van der Waals surface area contributed by atoms with Crippen LogP contribution in [0.3, 0.4) is 0 Å². The van der Waals surface area contributed by atoms with Crippen molar-refractivity contribution in [2.75, 3.05) is 19.3 Å². The molecule has 1 aliphatic rings. The number of likely N-dealkylation sites (tertiary alicyclic amines) is 1. The SMILES string of the molecule is Cc1c(N)cc(S(=O)(=O)NC2CCN(C)C(C)C2)cc1F.